The standard InChI is InChI=1S/C12H16N2O/c1-12(2,3)11(15)14-7-5-9-8-13-6-4-10(9)14/h4,6,8H,5,7H2,1-3H3. The van der Waals surface area contributed by atoms with Crippen LogP contribution in [0.2, 0.25) is 0 Å². The zero-order valence-corrected chi connectivity index (χ0v) is 9.45. The molecule has 3 nitrogen and oxygen atoms in total. The predicted octanol–water partition coefficient (Wildman–Crippen LogP) is 2.02. The van der Waals surface area contributed by atoms with E-state index in [0.717, 1.165) is 18.7 Å². The second-order valence-electron chi connectivity index (χ2n) is 4.96. The molecule has 1 aliphatic heterocycles. The molecule has 2 rings (SSSR count). The highest BCUT2D eigenvalue weighted by atomic mass is 16.2. The van der Waals surface area contributed by atoms with Gasteiger partial charge in [-0.15, -0.1) is 0 Å². The summed E-state index contributed by atoms with van der Waals surface area (Å²) in [7, 11) is 0. The van der Waals surface area contributed by atoms with Crippen molar-refractivity contribution in [3.05, 3.63) is 24.0 Å². The van der Waals surface area contributed by atoms with Gasteiger partial charge in [-0.05, 0) is 18.1 Å². The van der Waals surface area contributed by atoms with Crippen molar-refractivity contribution in [1.29, 1.82) is 0 Å². The Balaban J connectivity index is 2.32. The number of amides is 1. The molecule has 0 saturated carbocycles. The molecule has 0 bridgehead atoms. The summed E-state index contributed by atoms with van der Waals surface area (Å²) in [6.07, 6.45) is 4.52. The molecule has 15 heavy (non-hydrogen) atoms. The third kappa shape index (κ3) is 1.74. The maximum atomic E-state index is 12.1. The number of hydrogen-bond donors (Lipinski definition) is 0. The zero-order chi connectivity index (χ0) is 11.1. The number of aromatic nitrogens is 1. The van der Waals surface area contributed by atoms with Gasteiger partial charge in [0.15, 0.2) is 0 Å². The van der Waals surface area contributed by atoms with Crippen LogP contribution in [0.15, 0.2) is 18.5 Å². The highest BCUT2D eigenvalue weighted by Crippen LogP contribution is 2.30. The van der Waals surface area contributed by atoms with Crippen molar-refractivity contribution in [2.45, 2.75) is 27.2 Å². The first-order valence-corrected chi connectivity index (χ1v) is 5.25. The summed E-state index contributed by atoms with van der Waals surface area (Å²) in [6, 6.07) is 1.92. The minimum Gasteiger partial charge on any atom is -0.311 e. The Hall–Kier alpha value is -1.38. The number of pyridine rings is 1. The summed E-state index contributed by atoms with van der Waals surface area (Å²) in [5.74, 6) is 0.187. The third-order valence-corrected chi connectivity index (χ3v) is 2.66. The minimum atomic E-state index is -0.315. The molecule has 0 saturated heterocycles. The van der Waals surface area contributed by atoms with Gasteiger partial charge in [-0.25, -0.2) is 0 Å². The van der Waals surface area contributed by atoms with Crippen LogP contribution in [-0.4, -0.2) is 17.4 Å². The maximum Gasteiger partial charge on any atom is 0.232 e. The molecule has 1 amide bonds. The lowest BCUT2D eigenvalue weighted by molar-refractivity contribution is -0.125. The Morgan fingerprint density at radius 3 is 2.87 bits per heavy atom. The van der Waals surface area contributed by atoms with E-state index in [-0.39, 0.29) is 11.3 Å². The van der Waals surface area contributed by atoms with Crippen molar-refractivity contribution >= 4 is 11.6 Å². The lowest BCUT2D eigenvalue weighted by atomic mass is 9.95. The van der Waals surface area contributed by atoms with Crippen LogP contribution in [-0.2, 0) is 11.2 Å². The molecular weight excluding hydrogens is 188 g/mol. The number of fused-ring (bicyclic) bond motifs is 1. The van der Waals surface area contributed by atoms with E-state index in [9.17, 15) is 4.79 Å². The van der Waals surface area contributed by atoms with Gasteiger partial charge in [0.05, 0.1) is 0 Å². The number of carbonyl (C=O) groups excluding carboxylic acids is 1. The van der Waals surface area contributed by atoms with Gasteiger partial charge in [0.25, 0.3) is 0 Å². The van der Waals surface area contributed by atoms with Crippen LogP contribution in [0.1, 0.15) is 26.3 Å². The van der Waals surface area contributed by atoms with E-state index in [1.807, 2.05) is 37.9 Å². The highest BCUT2D eigenvalue weighted by Gasteiger charge is 2.32. The van der Waals surface area contributed by atoms with Crippen LogP contribution in [0.3, 0.4) is 0 Å². The van der Waals surface area contributed by atoms with Crippen molar-refractivity contribution < 1.29 is 4.79 Å². The number of rotatable bonds is 0. The molecule has 0 aliphatic carbocycles. The van der Waals surface area contributed by atoms with Gasteiger partial charge >= 0.3 is 0 Å². The average molecular weight is 204 g/mol. The average Bonchev–Trinajstić information content (AvgIpc) is 2.58. The molecule has 0 atom stereocenters. The Morgan fingerprint density at radius 1 is 1.47 bits per heavy atom. The van der Waals surface area contributed by atoms with Crippen LogP contribution >= 0.6 is 0 Å². The first-order chi connectivity index (χ1) is 7.00. The van der Waals surface area contributed by atoms with E-state index in [4.69, 9.17) is 0 Å². The van der Waals surface area contributed by atoms with Crippen LogP contribution in [0.4, 0.5) is 5.69 Å². The summed E-state index contributed by atoms with van der Waals surface area (Å²) < 4.78 is 0. The zero-order valence-electron chi connectivity index (χ0n) is 9.45. The van der Waals surface area contributed by atoms with Crippen LogP contribution in [0.25, 0.3) is 0 Å². The van der Waals surface area contributed by atoms with Crippen molar-refractivity contribution in [1.82, 2.24) is 4.98 Å². The van der Waals surface area contributed by atoms with Crippen molar-refractivity contribution in [3.63, 3.8) is 0 Å². The van der Waals surface area contributed by atoms with Gasteiger partial charge in [-0.1, -0.05) is 20.8 Å². The lowest BCUT2D eigenvalue weighted by Gasteiger charge is -2.26. The molecule has 0 N–H and O–H groups in total. The largest absolute Gasteiger partial charge is 0.311 e. The molecular formula is C12H16N2O. The van der Waals surface area contributed by atoms with E-state index in [0.29, 0.717) is 0 Å². The Morgan fingerprint density at radius 2 is 2.20 bits per heavy atom. The fourth-order valence-corrected chi connectivity index (χ4v) is 1.84. The van der Waals surface area contributed by atoms with E-state index < -0.39 is 0 Å². The van der Waals surface area contributed by atoms with Crippen molar-refractivity contribution in [2.75, 3.05) is 11.4 Å². The molecule has 1 aromatic heterocycles. The van der Waals surface area contributed by atoms with E-state index in [1.54, 1.807) is 6.20 Å². The van der Waals surface area contributed by atoms with E-state index in [1.165, 1.54) is 5.56 Å². The molecule has 3 heteroatoms. The number of hydrogen-bond acceptors (Lipinski definition) is 2. The normalized spacial score (nSPS) is 15.3. The Kier molecular flexibility index (Phi) is 2.25. The molecule has 0 radical (unpaired) electrons. The fraction of sp³-hybridized carbons (Fsp3) is 0.500. The monoisotopic (exact) mass is 204 g/mol. The van der Waals surface area contributed by atoms with Crippen LogP contribution in [0.5, 0.6) is 0 Å². The van der Waals surface area contributed by atoms with Crippen molar-refractivity contribution in [3.8, 4) is 0 Å². The summed E-state index contributed by atoms with van der Waals surface area (Å²) in [4.78, 5) is 18.1. The van der Waals surface area contributed by atoms with Gasteiger partial charge in [-0.3, -0.25) is 9.78 Å². The molecule has 1 aliphatic rings. The molecule has 0 spiro atoms. The number of carbonyl (C=O) groups is 1. The third-order valence-electron chi connectivity index (χ3n) is 2.66. The minimum absolute atomic E-state index is 0.187. The smallest absolute Gasteiger partial charge is 0.232 e. The van der Waals surface area contributed by atoms with Gasteiger partial charge < -0.3 is 4.90 Å². The molecule has 80 valence electrons. The van der Waals surface area contributed by atoms with Gasteiger partial charge in [0.1, 0.15) is 0 Å². The summed E-state index contributed by atoms with van der Waals surface area (Å²) >= 11 is 0. The molecule has 0 fully saturated rings. The second-order valence-corrected chi connectivity index (χ2v) is 4.96. The van der Waals surface area contributed by atoms with Crippen LogP contribution in [0, 0.1) is 5.41 Å². The van der Waals surface area contributed by atoms with Crippen LogP contribution < -0.4 is 4.90 Å². The SMILES string of the molecule is CC(C)(C)C(=O)N1CCc2cnccc21. The van der Waals surface area contributed by atoms with Crippen molar-refractivity contribution in [2.24, 2.45) is 5.41 Å². The van der Waals surface area contributed by atoms with Gasteiger partial charge in [0.2, 0.25) is 5.91 Å². The Bertz CT molecular complexity index is 393. The van der Waals surface area contributed by atoms with Gasteiger partial charge in [0, 0.05) is 30.0 Å². The Labute approximate surface area is 90.1 Å². The lowest BCUT2D eigenvalue weighted by Crippen LogP contribution is -2.38. The fourth-order valence-electron chi connectivity index (χ4n) is 1.84. The number of anilines is 1. The second kappa shape index (κ2) is 3.33. The quantitative estimate of drug-likeness (QED) is 0.647. The summed E-state index contributed by atoms with van der Waals surface area (Å²) in [5.41, 5.74) is 1.89. The topological polar surface area (TPSA) is 33.2 Å². The molecule has 2 heterocycles. The summed E-state index contributed by atoms with van der Waals surface area (Å²) in [5, 5.41) is 0. The van der Waals surface area contributed by atoms with Gasteiger partial charge in [-0.2, -0.15) is 0 Å². The van der Waals surface area contributed by atoms with E-state index in [2.05, 4.69) is 4.98 Å². The molecule has 1 aromatic rings. The highest BCUT2D eigenvalue weighted by molar-refractivity contribution is 5.98. The summed E-state index contributed by atoms with van der Waals surface area (Å²) in [6.45, 7) is 6.65. The number of nitrogens with zero attached hydrogens (tertiary/aromatic N) is 2. The maximum absolute atomic E-state index is 12.1. The molecule has 0 unspecified atom stereocenters. The first-order valence-electron chi connectivity index (χ1n) is 5.25. The van der Waals surface area contributed by atoms with E-state index >= 15 is 0 Å². The first kappa shape index (κ1) is 10.1. The predicted molar refractivity (Wildman–Crippen MR) is 59.7 cm³/mol. The molecule has 0 aromatic carbocycles.